The number of carbonyl (C=O) groups excluding carboxylic acids is 2. The van der Waals surface area contributed by atoms with Crippen molar-refractivity contribution in [3.8, 4) is 5.75 Å². The molecule has 3 amide bonds. The van der Waals surface area contributed by atoms with Crippen LogP contribution < -0.4 is 15.4 Å². The largest absolute Gasteiger partial charge is 0.492 e. The van der Waals surface area contributed by atoms with Crippen molar-refractivity contribution in [1.29, 1.82) is 0 Å². The average molecular weight is 305 g/mol. The Morgan fingerprint density at radius 2 is 2.00 bits per heavy atom. The summed E-state index contributed by atoms with van der Waals surface area (Å²) in [6.07, 6.45) is 2.08. The monoisotopic (exact) mass is 305 g/mol. The molecule has 0 spiro atoms. The van der Waals surface area contributed by atoms with Crippen molar-refractivity contribution < 1.29 is 14.3 Å². The Morgan fingerprint density at radius 3 is 2.68 bits per heavy atom. The van der Waals surface area contributed by atoms with Crippen molar-refractivity contribution in [1.82, 2.24) is 10.2 Å². The Morgan fingerprint density at radius 1 is 1.27 bits per heavy atom. The van der Waals surface area contributed by atoms with Crippen LogP contribution in [0.15, 0.2) is 18.2 Å². The van der Waals surface area contributed by atoms with E-state index in [1.165, 1.54) is 0 Å². The van der Waals surface area contributed by atoms with Crippen LogP contribution in [0, 0.1) is 6.92 Å². The fourth-order valence-corrected chi connectivity index (χ4v) is 2.41. The second-order valence-corrected chi connectivity index (χ2v) is 5.33. The lowest BCUT2D eigenvalue weighted by Crippen LogP contribution is -2.40. The Labute approximate surface area is 130 Å². The van der Waals surface area contributed by atoms with Crippen LogP contribution in [0.1, 0.15) is 25.3 Å². The zero-order chi connectivity index (χ0) is 15.9. The lowest BCUT2D eigenvalue weighted by molar-refractivity contribution is -0.128. The number of nitrogens with one attached hydrogen (secondary N) is 2. The molecule has 0 saturated carbocycles. The summed E-state index contributed by atoms with van der Waals surface area (Å²) in [5.41, 5.74) is 1.65. The number of hydrogen-bond donors (Lipinski definition) is 2. The maximum absolute atomic E-state index is 11.9. The normalized spacial score (nSPS) is 13.8. The molecule has 1 fully saturated rings. The molecule has 0 aromatic heterocycles. The smallest absolute Gasteiger partial charge is 0.319 e. The standard InChI is InChI=1S/C16H23N3O3/c1-3-22-14-10-12(2)6-7-13(14)18-16(21)17-11-15(20)19-8-4-5-9-19/h6-7,10H,3-5,8-9,11H2,1-2H3,(H2,17,18,21). The van der Waals surface area contributed by atoms with Gasteiger partial charge < -0.3 is 20.3 Å². The summed E-state index contributed by atoms with van der Waals surface area (Å²) in [5, 5.41) is 5.32. The van der Waals surface area contributed by atoms with Gasteiger partial charge in [0.25, 0.3) is 0 Å². The van der Waals surface area contributed by atoms with Crippen molar-refractivity contribution >= 4 is 17.6 Å². The Kier molecular flexibility index (Phi) is 5.63. The number of anilines is 1. The minimum absolute atomic E-state index is 0.0155. The number of nitrogens with zero attached hydrogens (tertiary/aromatic N) is 1. The molecule has 1 aromatic rings. The number of amides is 3. The first-order chi connectivity index (χ1) is 10.6. The molecule has 0 unspecified atom stereocenters. The number of benzene rings is 1. The summed E-state index contributed by atoms with van der Waals surface area (Å²) in [6, 6.07) is 5.15. The highest BCUT2D eigenvalue weighted by Gasteiger charge is 2.18. The summed E-state index contributed by atoms with van der Waals surface area (Å²) in [5.74, 6) is 0.588. The second kappa shape index (κ2) is 7.68. The van der Waals surface area contributed by atoms with Crippen LogP contribution in [0.5, 0.6) is 5.75 Å². The van der Waals surface area contributed by atoms with E-state index in [-0.39, 0.29) is 12.5 Å². The van der Waals surface area contributed by atoms with Crippen molar-refractivity contribution in [2.45, 2.75) is 26.7 Å². The third-order valence-corrected chi connectivity index (χ3v) is 3.54. The number of aryl methyl sites for hydroxylation is 1. The first kappa shape index (κ1) is 16.1. The number of rotatable bonds is 5. The third-order valence-electron chi connectivity index (χ3n) is 3.54. The molecule has 6 heteroatoms. The average Bonchev–Trinajstić information content (AvgIpc) is 3.02. The van der Waals surface area contributed by atoms with Gasteiger partial charge in [-0.2, -0.15) is 0 Å². The highest BCUT2D eigenvalue weighted by Crippen LogP contribution is 2.25. The van der Waals surface area contributed by atoms with Crippen molar-refractivity contribution in [2.24, 2.45) is 0 Å². The van der Waals surface area contributed by atoms with Crippen molar-refractivity contribution in [3.05, 3.63) is 23.8 Å². The predicted octanol–water partition coefficient (Wildman–Crippen LogP) is 2.14. The van der Waals surface area contributed by atoms with Crippen LogP contribution in [-0.2, 0) is 4.79 Å². The molecule has 6 nitrogen and oxygen atoms in total. The van der Waals surface area contributed by atoms with E-state index < -0.39 is 6.03 Å². The molecular weight excluding hydrogens is 282 g/mol. The Bertz CT molecular complexity index is 539. The molecule has 1 aliphatic rings. The quantitative estimate of drug-likeness (QED) is 0.875. The zero-order valence-electron chi connectivity index (χ0n) is 13.1. The first-order valence-electron chi connectivity index (χ1n) is 7.66. The number of ether oxygens (including phenoxy) is 1. The molecule has 22 heavy (non-hydrogen) atoms. The number of hydrogen-bond acceptors (Lipinski definition) is 3. The first-order valence-corrected chi connectivity index (χ1v) is 7.66. The Hall–Kier alpha value is -2.24. The van der Waals surface area contributed by atoms with Gasteiger partial charge in [-0.3, -0.25) is 4.79 Å². The number of carbonyl (C=O) groups is 2. The highest BCUT2D eigenvalue weighted by molar-refractivity contribution is 5.93. The number of likely N-dealkylation sites (tertiary alicyclic amines) is 1. The highest BCUT2D eigenvalue weighted by atomic mass is 16.5. The minimum Gasteiger partial charge on any atom is -0.492 e. The molecule has 1 saturated heterocycles. The van der Waals surface area contributed by atoms with E-state index in [1.807, 2.05) is 26.0 Å². The SMILES string of the molecule is CCOc1cc(C)ccc1NC(=O)NCC(=O)N1CCCC1. The molecule has 0 radical (unpaired) electrons. The van der Waals surface area contributed by atoms with E-state index in [4.69, 9.17) is 4.74 Å². The maximum atomic E-state index is 11.9. The van der Waals surface area contributed by atoms with Gasteiger partial charge in [-0.05, 0) is 44.4 Å². The van der Waals surface area contributed by atoms with Gasteiger partial charge in [0.2, 0.25) is 5.91 Å². The van der Waals surface area contributed by atoms with E-state index in [1.54, 1.807) is 11.0 Å². The van der Waals surface area contributed by atoms with Crippen molar-refractivity contribution in [2.75, 3.05) is 31.6 Å². The van der Waals surface area contributed by atoms with Crippen molar-refractivity contribution in [3.63, 3.8) is 0 Å². The molecule has 2 N–H and O–H groups in total. The van der Waals surface area contributed by atoms with Gasteiger partial charge >= 0.3 is 6.03 Å². The molecule has 120 valence electrons. The van der Waals surface area contributed by atoms with E-state index in [0.29, 0.717) is 18.0 Å². The Balaban J connectivity index is 1.87. The zero-order valence-corrected chi connectivity index (χ0v) is 13.1. The fraction of sp³-hybridized carbons (Fsp3) is 0.500. The molecule has 1 aliphatic heterocycles. The topological polar surface area (TPSA) is 70.7 Å². The van der Waals surface area contributed by atoms with Gasteiger partial charge in [0, 0.05) is 13.1 Å². The van der Waals surface area contributed by atoms with E-state index in [9.17, 15) is 9.59 Å². The summed E-state index contributed by atoms with van der Waals surface area (Å²) in [7, 11) is 0. The molecule has 1 heterocycles. The maximum Gasteiger partial charge on any atom is 0.319 e. The van der Waals surface area contributed by atoms with E-state index in [0.717, 1.165) is 31.5 Å². The molecule has 1 aromatic carbocycles. The van der Waals surface area contributed by atoms with Crippen LogP contribution >= 0.6 is 0 Å². The molecular formula is C16H23N3O3. The molecule has 0 atom stereocenters. The molecule has 0 bridgehead atoms. The van der Waals surface area contributed by atoms with Crippen LogP contribution in [-0.4, -0.2) is 43.1 Å². The van der Waals surface area contributed by atoms with E-state index in [2.05, 4.69) is 10.6 Å². The van der Waals surface area contributed by atoms with Gasteiger partial charge in [-0.25, -0.2) is 4.79 Å². The summed E-state index contributed by atoms with van der Waals surface area (Å²) >= 11 is 0. The number of urea groups is 1. The summed E-state index contributed by atoms with van der Waals surface area (Å²) in [4.78, 5) is 25.6. The molecule has 2 rings (SSSR count). The second-order valence-electron chi connectivity index (χ2n) is 5.33. The van der Waals surface area contributed by atoms with Crippen LogP contribution in [0.2, 0.25) is 0 Å². The lowest BCUT2D eigenvalue weighted by atomic mass is 10.2. The molecule has 0 aliphatic carbocycles. The van der Waals surface area contributed by atoms with Gasteiger partial charge in [-0.15, -0.1) is 0 Å². The summed E-state index contributed by atoms with van der Waals surface area (Å²) in [6.45, 7) is 5.96. The van der Waals surface area contributed by atoms with E-state index >= 15 is 0 Å². The fourth-order valence-electron chi connectivity index (χ4n) is 2.41. The van der Waals surface area contributed by atoms with Gasteiger partial charge in [0.1, 0.15) is 5.75 Å². The van der Waals surface area contributed by atoms with Crippen LogP contribution in [0.3, 0.4) is 0 Å². The third kappa shape index (κ3) is 4.38. The predicted molar refractivity (Wildman–Crippen MR) is 85.2 cm³/mol. The van der Waals surface area contributed by atoms with Gasteiger partial charge in [0.05, 0.1) is 18.8 Å². The van der Waals surface area contributed by atoms with Gasteiger partial charge in [0.15, 0.2) is 0 Å². The van der Waals surface area contributed by atoms with Crippen LogP contribution in [0.25, 0.3) is 0 Å². The van der Waals surface area contributed by atoms with Gasteiger partial charge in [-0.1, -0.05) is 6.07 Å². The van der Waals surface area contributed by atoms with Crippen LogP contribution in [0.4, 0.5) is 10.5 Å². The lowest BCUT2D eigenvalue weighted by Gasteiger charge is -2.16. The summed E-state index contributed by atoms with van der Waals surface area (Å²) < 4.78 is 5.51. The minimum atomic E-state index is -0.405.